The van der Waals surface area contributed by atoms with Crippen molar-refractivity contribution in [3.8, 4) is 50.2 Å². The first-order chi connectivity index (χ1) is 29.5. The Bertz CT molecular complexity index is 3280. The molecule has 9 aromatic carbocycles. The molecule has 0 bridgehead atoms. The minimum atomic E-state index is -0.103. The van der Waals surface area contributed by atoms with E-state index in [4.69, 9.17) is 0 Å². The molecule has 60 heavy (non-hydrogen) atoms. The summed E-state index contributed by atoms with van der Waals surface area (Å²) in [5.41, 5.74) is 22.7. The zero-order chi connectivity index (χ0) is 40.0. The van der Waals surface area contributed by atoms with Gasteiger partial charge in [-0.15, -0.1) is 0 Å². The summed E-state index contributed by atoms with van der Waals surface area (Å²) in [7, 11) is 0. The average molecular weight is 767 g/mol. The molecule has 2 heteroatoms. The van der Waals surface area contributed by atoms with Gasteiger partial charge in [-0.05, 0) is 128 Å². The van der Waals surface area contributed by atoms with Gasteiger partial charge in [-0.2, -0.15) is 0 Å². The molecule has 0 unspecified atom stereocenters. The van der Waals surface area contributed by atoms with Gasteiger partial charge in [0.05, 0.1) is 16.7 Å². The molecule has 0 spiro atoms. The molecule has 12 rings (SSSR count). The summed E-state index contributed by atoms with van der Waals surface area (Å²) in [4.78, 5) is 2.46. The third-order valence-corrected chi connectivity index (χ3v) is 13.2. The minimum absolute atomic E-state index is 0.103. The van der Waals surface area contributed by atoms with Gasteiger partial charge < -0.3 is 9.47 Å². The first-order valence-corrected chi connectivity index (χ1v) is 21.1. The number of rotatable bonds is 6. The van der Waals surface area contributed by atoms with Gasteiger partial charge in [0.25, 0.3) is 0 Å². The lowest BCUT2D eigenvalue weighted by atomic mass is 9.82. The summed E-state index contributed by atoms with van der Waals surface area (Å²) in [5, 5.41) is 2.56. The first-order valence-electron chi connectivity index (χ1n) is 21.1. The minimum Gasteiger partial charge on any atom is -0.310 e. The number of fused-ring (bicyclic) bond motifs is 9. The highest BCUT2D eigenvalue weighted by Crippen LogP contribution is 2.54. The van der Waals surface area contributed by atoms with Crippen LogP contribution >= 0.6 is 0 Å². The second-order valence-electron chi connectivity index (χ2n) is 16.9. The van der Waals surface area contributed by atoms with Gasteiger partial charge >= 0.3 is 0 Å². The Morgan fingerprint density at radius 1 is 0.433 bits per heavy atom. The summed E-state index contributed by atoms with van der Waals surface area (Å²) < 4.78 is 2.46. The summed E-state index contributed by atoms with van der Waals surface area (Å²) >= 11 is 0. The number of hydrogen-bond acceptors (Lipinski definition) is 1. The molecule has 284 valence electrons. The normalized spacial score (nSPS) is 13.2. The van der Waals surface area contributed by atoms with Crippen molar-refractivity contribution in [2.75, 3.05) is 4.90 Å². The van der Waals surface area contributed by atoms with Gasteiger partial charge in [0.1, 0.15) is 0 Å². The van der Waals surface area contributed by atoms with E-state index >= 15 is 0 Å². The fourth-order valence-electron chi connectivity index (χ4n) is 10.4. The topological polar surface area (TPSA) is 8.17 Å². The van der Waals surface area contributed by atoms with E-state index in [9.17, 15) is 0 Å². The fraction of sp³-hybridized carbons (Fsp3) is 0.0690. The fourth-order valence-corrected chi connectivity index (χ4v) is 10.4. The molecule has 2 nitrogen and oxygen atoms in total. The van der Waals surface area contributed by atoms with Crippen LogP contribution in [0.5, 0.6) is 0 Å². The molecule has 0 N–H and O–H groups in total. The maximum absolute atomic E-state index is 2.46. The third-order valence-electron chi connectivity index (χ3n) is 13.2. The molecular formula is C58H42N2. The molecule has 0 fully saturated rings. The smallest absolute Gasteiger partial charge is 0.0547 e. The molecular weight excluding hydrogens is 725 g/mol. The van der Waals surface area contributed by atoms with Crippen LogP contribution in [0.4, 0.5) is 17.1 Å². The lowest BCUT2D eigenvalue weighted by Gasteiger charge is -2.29. The van der Waals surface area contributed by atoms with Gasteiger partial charge in [-0.25, -0.2) is 0 Å². The molecule has 0 atom stereocenters. The van der Waals surface area contributed by atoms with E-state index in [1.165, 1.54) is 99.9 Å². The number of para-hydroxylation sites is 1. The summed E-state index contributed by atoms with van der Waals surface area (Å²) in [6.45, 7) is 4.72. The molecule has 1 heterocycles. The summed E-state index contributed by atoms with van der Waals surface area (Å²) in [6.07, 6.45) is 0.964. The monoisotopic (exact) mass is 766 g/mol. The number of anilines is 3. The second kappa shape index (κ2) is 13.3. The van der Waals surface area contributed by atoms with Crippen LogP contribution in [0.25, 0.3) is 72.0 Å². The molecule has 1 aromatic heterocycles. The Kier molecular flexibility index (Phi) is 7.68. The second-order valence-corrected chi connectivity index (χ2v) is 16.9. The van der Waals surface area contributed by atoms with E-state index in [1.54, 1.807) is 0 Å². The van der Waals surface area contributed by atoms with E-state index in [0.717, 1.165) is 17.8 Å². The standard InChI is InChI=1S/C58H42N2/c1-58(2)51-23-12-11-21-48(51)57-52(58)24-14-26-54(57)59(44-31-27-39(28-32-44)38-15-5-3-6-16-38)45-33-29-40(30-34-45)47-22-13-25-53-56(47)50-37-49-42(35-41-17-9-10-20-46(41)49)36-55(50)60(53)43-18-7-4-8-19-43/h3-34,36-37H,35H2,1-2H3. The highest BCUT2D eigenvalue weighted by atomic mass is 15.1. The van der Waals surface area contributed by atoms with Crippen LogP contribution in [0, 0.1) is 0 Å². The number of hydrogen-bond donors (Lipinski definition) is 0. The Morgan fingerprint density at radius 3 is 1.80 bits per heavy atom. The highest BCUT2D eigenvalue weighted by molar-refractivity contribution is 6.17. The predicted molar refractivity (Wildman–Crippen MR) is 252 cm³/mol. The van der Waals surface area contributed by atoms with Crippen molar-refractivity contribution < 1.29 is 0 Å². The van der Waals surface area contributed by atoms with Crippen LogP contribution in [-0.4, -0.2) is 4.57 Å². The largest absolute Gasteiger partial charge is 0.310 e. The molecule has 2 aliphatic carbocycles. The van der Waals surface area contributed by atoms with Gasteiger partial charge in [-0.1, -0.05) is 159 Å². The van der Waals surface area contributed by atoms with Gasteiger partial charge in [0, 0.05) is 38.8 Å². The van der Waals surface area contributed by atoms with E-state index < -0.39 is 0 Å². The lowest BCUT2D eigenvalue weighted by molar-refractivity contribution is 0.660. The van der Waals surface area contributed by atoms with Crippen molar-refractivity contribution >= 4 is 38.9 Å². The molecule has 0 saturated carbocycles. The maximum atomic E-state index is 2.46. The van der Waals surface area contributed by atoms with Gasteiger partial charge in [0.15, 0.2) is 0 Å². The van der Waals surface area contributed by atoms with Crippen molar-refractivity contribution in [2.24, 2.45) is 0 Å². The zero-order valence-corrected chi connectivity index (χ0v) is 33.7. The van der Waals surface area contributed by atoms with E-state index in [2.05, 4.69) is 230 Å². The van der Waals surface area contributed by atoms with Crippen LogP contribution in [0.15, 0.2) is 206 Å². The Hall–Kier alpha value is -7.42. The molecule has 0 radical (unpaired) electrons. The Balaban J connectivity index is 1.04. The van der Waals surface area contributed by atoms with Crippen LogP contribution in [0.1, 0.15) is 36.1 Å². The van der Waals surface area contributed by atoms with Crippen LogP contribution in [-0.2, 0) is 11.8 Å². The number of nitrogens with zero attached hydrogens (tertiary/aromatic N) is 2. The Morgan fingerprint density at radius 2 is 1.03 bits per heavy atom. The molecule has 0 amide bonds. The summed E-state index contributed by atoms with van der Waals surface area (Å²) in [6, 6.07) is 76.2. The van der Waals surface area contributed by atoms with Crippen molar-refractivity contribution in [3.63, 3.8) is 0 Å². The molecule has 2 aliphatic rings. The lowest BCUT2D eigenvalue weighted by Crippen LogP contribution is -2.16. The van der Waals surface area contributed by atoms with E-state index in [1.807, 2.05) is 0 Å². The van der Waals surface area contributed by atoms with Crippen molar-refractivity contribution in [1.82, 2.24) is 4.57 Å². The average Bonchev–Trinajstić information content (AvgIpc) is 3.91. The van der Waals surface area contributed by atoms with Crippen molar-refractivity contribution in [2.45, 2.75) is 25.7 Å². The zero-order valence-electron chi connectivity index (χ0n) is 33.7. The van der Waals surface area contributed by atoms with E-state index in [0.29, 0.717) is 0 Å². The van der Waals surface area contributed by atoms with Crippen LogP contribution in [0.2, 0.25) is 0 Å². The number of benzene rings is 9. The first kappa shape index (κ1) is 34.6. The molecule has 0 aliphatic heterocycles. The summed E-state index contributed by atoms with van der Waals surface area (Å²) in [5.74, 6) is 0. The molecule has 10 aromatic rings. The maximum Gasteiger partial charge on any atom is 0.0547 e. The molecule has 0 saturated heterocycles. The quantitative estimate of drug-likeness (QED) is 0.164. The van der Waals surface area contributed by atoms with Crippen molar-refractivity contribution in [3.05, 3.63) is 229 Å². The highest BCUT2D eigenvalue weighted by Gasteiger charge is 2.37. The predicted octanol–water partition coefficient (Wildman–Crippen LogP) is 15.5. The van der Waals surface area contributed by atoms with Crippen molar-refractivity contribution in [1.29, 1.82) is 0 Å². The van der Waals surface area contributed by atoms with Gasteiger partial charge in [0.2, 0.25) is 0 Å². The SMILES string of the molecule is CC1(C)c2ccccc2-c2c(N(c3ccc(-c4ccccc4)cc3)c3ccc(-c4cccc5c4c4cc6c(cc4n5-c4ccccc4)Cc4ccccc4-6)cc3)cccc21. The Labute approximate surface area is 351 Å². The van der Waals surface area contributed by atoms with Crippen LogP contribution in [0.3, 0.4) is 0 Å². The van der Waals surface area contributed by atoms with E-state index in [-0.39, 0.29) is 5.41 Å². The third kappa shape index (κ3) is 5.20. The van der Waals surface area contributed by atoms with Crippen LogP contribution < -0.4 is 4.90 Å². The number of aromatic nitrogens is 1. The van der Waals surface area contributed by atoms with Gasteiger partial charge in [-0.3, -0.25) is 0 Å².